The molecule has 0 aliphatic heterocycles. The van der Waals surface area contributed by atoms with Gasteiger partial charge in [-0.1, -0.05) is 17.7 Å². The molecule has 3 N–H and O–H groups in total. The third kappa shape index (κ3) is 6.81. The molecule has 8 nitrogen and oxygen atoms in total. The Bertz CT molecular complexity index is 951. The topological polar surface area (TPSA) is 101 Å². The first-order valence-corrected chi connectivity index (χ1v) is 10.8. The van der Waals surface area contributed by atoms with Gasteiger partial charge < -0.3 is 20.1 Å². The van der Waals surface area contributed by atoms with E-state index in [1.165, 1.54) is 12.1 Å². The zero-order valence-corrected chi connectivity index (χ0v) is 18.1. The summed E-state index contributed by atoms with van der Waals surface area (Å²) in [4.78, 5) is 4.25. The van der Waals surface area contributed by atoms with Crippen LogP contribution in [0, 0.1) is 0 Å². The second kappa shape index (κ2) is 10.9. The number of nitrogens with zero attached hydrogens (tertiary/aromatic N) is 1. The summed E-state index contributed by atoms with van der Waals surface area (Å²) < 4.78 is 37.9. The SMILES string of the molecule is CCOc1ccc(NC(=NC)NCCNS(=O)(=O)c2cccc(Cl)c2)cc1OC. The van der Waals surface area contributed by atoms with Gasteiger partial charge >= 0.3 is 0 Å². The molecule has 0 spiro atoms. The van der Waals surface area contributed by atoms with Crippen molar-refractivity contribution in [3.8, 4) is 11.5 Å². The quantitative estimate of drug-likeness (QED) is 0.315. The first kappa shape index (κ1) is 22.8. The van der Waals surface area contributed by atoms with Gasteiger partial charge in [-0.2, -0.15) is 0 Å². The van der Waals surface area contributed by atoms with E-state index in [0.717, 1.165) is 5.69 Å². The van der Waals surface area contributed by atoms with E-state index in [2.05, 4.69) is 20.3 Å². The van der Waals surface area contributed by atoms with Gasteiger partial charge in [0.05, 0.1) is 18.6 Å². The monoisotopic (exact) mass is 440 g/mol. The van der Waals surface area contributed by atoms with Gasteiger partial charge in [0.15, 0.2) is 17.5 Å². The highest BCUT2D eigenvalue weighted by molar-refractivity contribution is 7.89. The molecule has 10 heteroatoms. The third-order valence-electron chi connectivity index (χ3n) is 3.77. The lowest BCUT2D eigenvalue weighted by Crippen LogP contribution is -2.37. The summed E-state index contributed by atoms with van der Waals surface area (Å²) in [6.07, 6.45) is 0. The zero-order valence-electron chi connectivity index (χ0n) is 16.5. The summed E-state index contributed by atoms with van der Waals surface area (Å²) in [7, 11) is -0.438. The highest BCUT2D eigenvalue weighted by Crippen LogP contribution is 2.30. The van der Waals surface area contributed by atoms with Crippen molar-refractivity contribution in [3.05, 3.63) is 47.5 Å². The number of nitrogens with one attached hydrogen (secondary N) is 3. The Kier molecular flexibility index (Phi) is 8.56. The number of hydrogen-bond acceptors (Lipinski definition) is 5. The summed E-state index contributed by atoms with van der Waals surface area (Å²) in [5.41, 5.74) is 0.748. The van der Waals surface area contributed by atoms with E-state index in [-0.39, 0.29) is 11.4 Å². The van der Waals surface area contributed by atoms with Crippen molar-refractivity contribution in [2.75, 3.05) is 39.2 Å². The molecule has 0 amide bonds. The molecule has 0 heterocycles. The smallest absolute Gasteiger partial charge is 0.240 e. The highest BCUT2D eigenvalue weighted by atomic mass is 35.5. The minimum absolute atomic E-state index is 0.119. The number of anilines is 1. The van der Waals surface area contributed by atoms with Crippen LogP contribution in [0.5, 0.6) is 11.5 Å². The molecule has 0 radical (unpaired) electrons. The molecule has 2 aromatic carbocycles. The van der Waals surface area contributed by atoms with E-state index < -0.39 is 10.0 Å². The molecule has 29 heavy (non-hydrogen) atoms. The first-order valence-electron chi connectivity index (χ1n) is 8.93. The molecule has 0 bridgehead atoms. The van der Waals surface area contributed by atoms with Gasteiger partial charge in [-0.05, 0) is 37.3 Å². The fraction of sp³-hybridized carbons (Fsp3) is 0.316. The van der Waals surface area contributed by atoms with Gasteiger partial charge in [0.1, 0.15) is 0 Å². The van der Waals surface area contributed by atoms with Crippen molar-refractivity contribution in [2.45, 2.75) is 11.8 Å². The number of sulfonamides is 1. The number of methoxy groups -OCH3 is 1. The molecular weight excluding hydrogens is 416 g/mol. The number of hydrogen-bond donors (Lipinski definition) is 3. The Morgan fingerprint density at radius 2 is 1.93 bits per heavy atom. The van der Waals surface area contributed by atoms with E-state index in [9.17, 15) is 8.42 Å². The van der Waals surface area contributed by atoms with Crippen LogP contribution in [0.1, 0.15) is 6.92 Å². The van der Waals surface area contributed by atoms with Crippen LogP contribution in [-0.4, -0.2) is 48.2 Å². The minimum Gasteiger partial charge on any atom is -0.493 e. The Morgan fingerprint density at radius 3 is 2.59 bits per heavy atom. The number of guanidine groups is 1. The normalized spacial score (nSPS) is 11.8. The van der Waals surface area contributed by atoms with Crippen molar-refractivity contribution in [1.82, 2.24) is 10.0 Å². The van der Waals surface area contributed by atoms with Crippen LogP contribution in [0.15, 0.2) is 52.4 Å². The lowest BCUT2D eigenvalue weighted by atomic mass is 10.2. The second-order valence-corrected chi connectivity index (χ2v) is 7.98. The number of rotatable bonds is 9. The van der Waals surface area contributed by atoms with Gasteiger partial charge in [-0.3, -0.25) is 4.99 Å². The summed E-state index contributed by atoms with van der Waals surface area (Å²) >= 11 is 5.85. The average molecular weight is 441 g/mol. The van der Waals surface area contributed by atoms with E-state index in [1.807, 2.05) is 13.0 Å². The fourth-order valence-electron chi connectivity index (χ4n) is 2.42. The molecule has 2 rings (SSSR count). The largest absolute Gasteiger partial charge is 0.493 e. The second-order valence-electron chi connectivity index (χ2n) is 5.78. The molecule has 0 aliphatic rings. The van der Waals surface area contributed by atoms with Crippen LogP contribution in [-0.2, 0) is 10.0 Å². The maximum Gasteiger partial charge on any atom is 0.240 e. The predicted octanol–water partition coefficient (Wildman–Crippen LogP) is 2.71. The van der Waals surface area contributed by atoms with Crippen molar-refractivity contribution in [2.24, 2.45) is 4.99 Å². The fourth-order valence-corrected chi connectivity index (χ4v) is 3.75. The summed E-state index contributed by atoms with van der Waals surface area (Å²) in [6, 6.07) is 11.5. The number of ether oxygens (including phenoxy) is 2. The molecule has 0 aliphatic carbocycles. The minimum atomic E-state index is -3.63. The van der Waals surface area contributed by atoms with Gasteiger partial charge in [-0.25, -0.2) is 13.1 Å². The van der Waals surface area contributed by atoms with E-state index >= 15 is 0 Å². The Balaban J connectivity index is 1.89. The third-order valence-corrected chi connectivity index (χ3v) is 5.46. The van der Waals surface area contributed by atoms with Crippen molar-refractivity contribution < 1.29 is 17.9 Å². The lowest BCUT2D eigenvalue weighted by molar-refractivity contribution is 0.311. The Hall–Kier alpha value is -2.49. The van der Waals surface area contributed by atoms with Crippen LogP contribution < -0.4 is 24.8 Å². The van der Waals surface area contributed by atoms with E-state index in [4.69, 9.17) is 21.1 Å². The molecule has 158 valence electrons. The number of benzene rings is 2. The van der Waals surface area contributed by atoms with Crippen LogP contribution in [0.4, 0.5) is 5.69 Å². The molecule has 0 aromatic heterocycles. The summed E-state index contributed by atoms with van der Waals surface area (Å²) in [5, 5.41) is 6.52. The molecule has 0 atom stereocenters. The standard InChI is InChI=1S/C19H25ClN4O4S/c1-4-28-17-9-8-15(13-18(17)27-3)24-19(21-2)22-10-11-23-29(25,26)16-7-5-6-14(20)12-16/h5-9,12-13,23H,4,10-11H2,1-3H3,(H2,21,22,24). The Morgan fingerprint density at radius 1 is 1.14 bits per heavy atom. The molecule has 0 unspecified atom stereocenters. The van der Waals surface area contributed by atoms with Gasteiger partial charge in [0.2, 0.25) is 10.0 Å². The molecule has 0 fully saturated rings. The first-order chi connectivity index (χ1) is 13.9. The summed E-state index contributed by atoms with van der Waals surface area (Å²) in [6.45, 7) is 2.94. The van der Waals surface area contributed by atoms with Crippen LogP contribution >= 0.6 is 11.6 Å². The molecule has 0 saturated heterocycles. The molecule has 0 saturated carbocycles. The van der Waals surface area contributed by atoms with E-state index in [0.29, 0.717) is 35.6 Å². The number of halogens is 1. The average Bonchev–Trinajstić information content (AvgIpc) is 2.71. The van der Waals surface area contributed by atoms with Crippen LogP contribution in [0.2, 0.25) is 5.02 Å². The van der Waals surface area contributed by atoms with Gasteiger partial charge in [0, 0.05) is 36.9 Å². The van der Waals surface area contributed by atoms with Gasteiger partial charge in [0.25, 0.3) is 0 Å². The van der Waals surface area contributed by atoms with Crippen molar-refractivity contribution >= 4 is 33.3 Å². The molecule has 2 aromatic rings. The van der Waals surface area contributed by atoms with Crippen molar-refractivity contribution in [1.29, 1.82) is 0 Å². The Labute approximate surface area is 176 Å². The maximum atomic E-state index is 12.3. The van der Waals surface area contributed by atoms with Crippen LogP contribution in [0.3, 0.4) is 0 Å². The summed E-state index contributed by atoms with van der Waals surface area (Å²) in [5.74, 6) is 1.73. The zero-order chi connectivity index (χ0) is 21.3. The lowest BCUT2D eigenvalue weighted by Gasteiger charge is -2.15. The van der Waals surface area contributed by atoms with Gasteiger partial charge in [-0.15, -0.1) is 0 Å². The maximum absolute atomic E-state index is 12.3. The number of aliphatic imine (C=N–C) groups is 1. The van der Waals surface area contributed by atoms with E-state index in [1.54, 1.807) is 38.4 Å². The van der Waals surface area contributed by atoms with Crippen molar-refractivity contribution in [3.63, 3.8) is 0 Å². The molecular formula is C19H25ClN4O4S. The predicted molar refractivity (Wildman–Crippen MR) is 116 cm³/mol. The van der Waals surface area contributed by atoms with Crippen LogP contribution in [0.25, 0.3) is 0 Å². The highest BCUT2D eigenvalue weighted by Gasteiger charge is 2.13.